The Balaban J connectivity index is 1.41. The summed E-state index contributed by atoms with van der Waals surface area (Å²) in [7, 11) is 0. The molecule has 128 valence electrons. The molecule has 1 N–H and O–H groups in total. The van der Waals surface area contributed by atoms with Gasteiger partial charge in [0.05, 0.1) is 24.0 Å². The highest BCUT2D eigenvalue weighted by Crippen LogP contribution is 2.17. The van der Waals surface area contributed by atoms with Crippen molar-refractivity contribution < 1.29 is 4.79 Å². The SMILES string of the molecule is O=C(NCCn1nc2c(cc1=O)CCCC2)c1ccc2nsnc2c1. The highest BCUT2D eigenvalue weighted by atomic mass is 32.1. The van der Waals surface area contributed by atoms with Crippen LogP contribution in [0.25, 0.3) is 11.0 Å². The van der Waals surface area contributed by atoms with Crippen molar-refractivity contribution in [1.82, 2.24) is 23.8 Å². The summed E-state index contributed by atoms with van der Waals surface area (Å²) in [4.78, 5) is 24.4. The van der Waals surface area contributed by atoms with Gasteiger partial charge in [0.15, 0.2) is 0 Å². The summed E-state index contributed by atoms with van der Waals surface area (Å²) in [6.45, 7) is 0.705. The smallest absolute Gasteiger partial charge is 0.267 e. The first-order valence-corrected chi connectivity index (χ1v) is 9.04. The number of hydrogen-bond donors (Lipinski definition) is 1. The largest absolute Gasteiger partial charge is 0.350 e. The quantitative estimate of drug-likeness (QED) is 0.767. The van der Waals surface area contributed by atoms with E-state index in [0.717, 1.165) is 54.2 Å². The minimum Gasteiger partial charge on any atom is -0.350 e. The molecule has 7 nitrogen and oxygen atoms in total. The molecule has 0 unspecified atom stereocenters. The molecule has 3 aromatic rings. The third-order valence-electron chi connectivity index (χ3n) is 4.40. The van der Waals surface area contributed by atoms with Gasteiger partial charge >= 0.3 is 0 Å². The lowest BCUT2D eigenvalue weighted by Crippen LogP contribution is -2.33. The van der Waals surface area contributed by atoms with Gasteiger partial charge in [-0.15, -0.1) is 0 Å². The number of aromatic nitrogens is 4. The van der Waals surface area contributed by atoms with Crippen LogP contribution in [0.2, 0.25) is 0 Å². The van der Waals surface area contributed by atoms with E-state index in [4.69, 9.17) is 0 Å². The Morgan fingerprint density at radius 3 is 2.92 bits per heavy atom. The van der Waals surface area contributed by atoms with Crippen molar-refractivity contribution in [2.24, 2.45) is 0 Å². The van der Waals surface area contributed by atoms with Crippen molar-refractivity contribution in [1.29, 1.82) is 0 Å². The lowest BCUT2D eigenvalue weighted by Gasteiger charge is -2.16. The molecule has 1 amide bonds. The molecule has 1 aromatic carbocycles. The molecule has 1 aliphatic rings. The molecule has 0 spiro atoms. The first kappa shape index (κ1) is 15.9. The summed E-state index contributed by atoms with van der Waals surface area (Å²) < 4.78 is 9.70. The van der Waals surface area contributed by atoms with E-state index in [-0.39, 0.29) is 11.5 Å². The molecule has 0 bridgehead atoms. The van der Waals surface area contributed by atoms with Crippen LogP contribution in [0.3, 0.4) is 0 Å². The molecule has 1 aliphatic carbocycles. The second kappa shape index (κ2) is 6.72. The van der Waals surface area contributed by atoms with Gasteiger partial charge in [-0.2, -0.15) is 13.8 Å². The highest BCUT2D eigenvalue weighted by molar-refractivity contribution is 7.00. The van der Waals surface area contributed by atoms with E-state index in [1.807, 2.05) is 0 Å². The molecule has 25 heavy (non-hydrogen) atoms. The molecule has 0 fully saturated rings. The minimum atomic E-state index is -0.194. The second-order valence-corrected chi connectivity index (χ2v) is 6.64. The Hall–Kier alpha value is -2.61. The first-order chi connectivity index (χ1) is 12.2. The normalized spacial score (nSPS) is 13.6. The summed E-state index contributed by atoms with van der Waals surface area (Å²) in [5.41, 5.74) is 4.01. The van der Waals surface area contributed by atoms with Gasteiger partial charge < -0.3 is 5.32 Å². The van der Waals surface area contributed by atoms with Crippen LogP contribution in [0.15, 0.2) is 29.1 Å². The molecule has 0 saturated heterocycles. The van der Waals surface area contributed by atoms with E-state index in [2.05, 4.69) is 19.2 Å². The number of benzene rings is 1. The van der Waals surface area contributed by atoms with Crippen molar-refractivity contribution in [2.45, 2.75) is 32.2 Å². The van der Waals surface area contributed by atoms with E-state index in [1.165, 1.54) is 4.68 Å². The number of nitrogens with one attached hydrogen (secondary N) is 1. The Bertz CT molecular complexity index is 994. The van der Waals surface area contributed by atoms with Gasteiger partial charge in [0.25, 0.3) is 11.5 Å². The molecule has 2 aromatic heterocycles. The lowest BCUT2D eigenvalue weighted by molar-refractivity contribution is 0.0952. The Labute approximate surface area is 148 Å². The zero-order chi connectivity index (χ0) is 17.2. The average molecular weight is 355 g/mol. The monoisotopic (exact) mass is 355 g/mol. The Morgan fingerprint density at radius 2 is 2.00 bits per heavy atom. The van der Waals surface area contributed by atoms with Crippen LogP contribution in [-0.2, 0) is 19.4 Å². The first-order valence-electron chi connectivity index (χ1n) is 8.31. The molecular formula is C17H17N5O2S. The predicted molar refractivity (Wildman–Crippen MR) is 94.9 cm³/mol. The molecule has 0 aliphatic heterocycles. The fourth-order valence-electron chi connectivity index (χ4n) is 3.06. The van der Waals surface area contributed by atoms with E-state index in [0.29, 0.717) is 24.2 Å². The third-order valence-corrected chi connectivity index (χ3v) is 4.96. The maximum absolute atomic E-state index is 12.3. The van der Waals surface area contributed by atoms with Gasteiger partial charge in [-0.05, 0) is 49.4 Å². The Kier molecular flexibility index (Phi) is 4.27. The van der Waals surface area contributed by atoms with Crippen molar-refractivity contribution in [2.75, 3.05) is 6.54 Å². The molecule has 0 atom stereocenters. The number of carbonyl (C=O) groups is 1. The molecule has 4 rings (SSSR count). The number of hydrogen-bond acceptors (Lipinski definition) is 6. The number of rotatable bonds is 4. The second-order valence-electron chi connectivity index (χ2n) is 6.11. The summed E-state index contributed by atoms with van der Waals surface area (Å²) in [6, 6.07) is 6.91. The van der Waals surface area contributed by atoms with Gasteiger partial charge in [0.1, 0.15) is 11.0 Å². The van der Waals surface area contributed by atoms with Gasteiger partial charge in [-0.3, -0.25) is 9.59 Å². The van der Waals surface area contributed by atoms with Crippen LogP contribution < -0.4 is 10.9 Å². The van der Waals surface area contributed by atoms with Crippen molar-refractivity contribution in [3.63, 3.8) is 0 Å². The minimum absolute atomic E-state index is 0.107. The van der Waals surface area contributed by atoms with Crippen molar-refractivity contribution in [3.05, 3.63) is 51.4 Å². The fraction of sp³-hybridized carbons (Fsp3) is 0.353. The molecule has 0 saturated carbocycles. The molecule has 0 radical (unpaired) electrons. The van der Waals surface area contributed by atoms with E-state index < -0.39 is 0 Å². The summed E-state index contributed by atoms with van der Waals surface area (Å²) in [5.74, 6) is -0.194. The van der Waals surface area contributed by atoms with E-state index >= 15 is 0 Å². The predicted octanol–water partition coefficient (Wildman–Crippen LogP) is 1.56. The van der Waals surface area contributed by atoms with Gasteiger partial charge in [-0.25, -0.2) is 4.68 Å². The maximum Gasteiger partial charge on any atom is 0.267 e. The van der Waals surface area contributed by atoms with Crippen molar-refractivity contribution >= 4 is 28.7 Å². The van der Waals surface area contributed by atoms with Crippen LogP contribution in [0, 0.1) is 0 Å². The van der Waals surface area contributed by atoms with E-state index in [1.54, 1.807) is 24.3 Å². The number of fused-ring (bicyclic) bond motifs is 2. The number of aryl methyl sites for hydroxylation is 2. The molecular weight excluding hydrogens is 338 g/mol. The Morgan fingerprint density at radius 1 is 1.16 bits per heavy atom. The maximum atomic E-state index is 12.3. The summed E-state index contributed by atoms with van der Waals surface area (Å²) in [5, 5.41) is 7.28. The highest BCUT2D eigenvalue weighted by Gasteiger charge is 2.13. The summed E-state index contributed by atoms with van der Waals surface area (Å²) >= 11 is 1.12. The molecule has 2 heterocycles. The van der Waals surface area contributed by atoms with Crippen LogP contribution in [0.5, 0.6) is 0 Å². The lowest BCUT2D eigenvalue weighted by atomic mass is 9.97. The molecule has 8 heteroatoms. The van der Waals surface area contributed by atoms with Gasteiger partial charge in [-0.1, -0.05) is 0 Å². The summed E-state index contributed by atoms with van der Waals surface area (Å²) in [6.07, 6.45) is 4.09. The third kappa shape index (κ3) is 3.30. The number of amides is 1. The zero-order valence-corrected chi connectivity index (χ0v) is 14.4. The fourth-order valence-corrected chi connectivity index (χ4v) is 3.58. The topological polar surface area (TPSA) is 89.8 Å². The zero-order valence-electron chi connectivity index (χ0n) is 13.6. The standard InChI is InChI=1S/C17H17N5O2S/c23-16-10-11-3-1-2-4-13(11)19-22(16)8-7-18-17(24)12-5-6-14-15(9-12)21-25-20-14/h5-6,9-10H,1-4,7-8H2,(H,18,24). The van der Waals surface area contributed by atoms with Crippen LogP contribution in [-0.4, -0.2) is 31.0 Å². The van der Waals surface area contributed by atoms with Gasteiger partial charge in [0, 0.05) is 18.2 Å². The van der Waals surface area contributed by atoms with Gasteiger partial charge in [0.2, 0.25) is 0 Å². The van der Waals surface area contributed by atoms with Crippen LogP contribution in [0.1, 0.15) is 34.5 Å². The van der Waals surface area contributed by atoms with Crippen LogP contribution >= 0.6 is 11.7 Å². The van der Waals surface area contributed by atoms with Crippen LogP contribution in [0.4, 0.5) is 0 Å². The number of carbonyl (C=O) groups excluding carboxylic acids is 1. The average Bonchev–Trinajstić information content (AvgIpc) is 3.09. The van der Waals surface area contributed by atoms with E-state index in [9.17, 15) is 9.59 Å². The van der Waals surface area contributed by atoms with Crippen molar-refractivity contribution in [3.8, 4) is 0 Å². The number of nitrogens with zero attached hydrogens (tertiary/aromatic N) is 4.